The minimum Gasteiger partial charge on any atom is -0.382 e. The minimum atomic E-state index is 0.00821. The van der Waals surface area contributed by atoms with Crippen LogP contribution in [-0.2, 0) is 0 Å². The molecule has 2 aromatic heterocycles. The SMILES string of the molecule is Cc1cc(C)c(-c2ccc3c(c2)N(c2ccccc2)c2cc4c5c6c2B3n2ccc3cc7c8cccc9c8n(c7c-6c32)B5c2c-9cccc2N4c2ccccc2)c(C)c1. The normalized spacial score (nSPS) is 14.2. The Labute approximate surface area is 342 Å². The topological polar surface area (TPSA) is 16.3 Å². The lowest BCUT2D eigenvalue weighted by atomic mass is 9.38. The third kappa shape index (κ3) is 3.47. The molecule has 8 aromatic carbocycles. The van der Waals surface area contributed by atoms with E-state index in [1.165, 1.54) is 139 Å². The first kappa shape index (κ1) is 30.9. The van der Waals surface area contributed by atoms with Gasteiger partial charge in [-0.1, -0.05) is 96.6 Å². The highest BCUT2D eigenvalue weighted by Crippen LogP contribution is 2.55. The molecule has 0 saturated carbocycles. The van der Waals surface area contributed by atoms with Gasteiger partial charge in [0.15, 0.2) is 0 Å². The van der Waals surface area contributed by atoms with Gasteiger partial charge in [-0.3, -0.25) is 0 Å². The van der Waals surface area contributed by atoms with Gasteiger partial charge in [0.25, 0.3) is 0 Å². The van der Waals surface area contributed by atoms with Crippen molar-refractivity contribution in [3.05, 3.63) is 168 Å². The Hall–Kier alpha value is -7.17. The van der Waals surface area contributed by atoms with Crippen LogP contribution in [0.2, 0.25) is 0 Å². The molecule has 10 aromatic rings. The van der Waals surface area contributed by atoms with E-state index >= 15 is 0 Å². The zero-order chi connectivity index (χ0) is 38.6. The van der Waals surface area contributed by atoms with Gasteiger partial charge in [0.05, 0.1) is 0 Å². The van der Waals surface area contributed by atoms with Crippen LogP contribution < -0.4 is 31.7 Å². The average molecular weight is 749 g/mol. The van der Waals surface area contributed by atoms with Crippen LogP contribution in [0.5, 0.6) is 0 Å². The molecule has 0 unspecified atom stereocenters. The average Bonchev–Trinajstić information content (AvgIpc) is 3.84. The van der Waals surface area contributed by atoms with Gasteiger partial charge in [0.1, 0.15) is 0 Å². The molecule has 5 aliphatic heterocycles. The largest absolute Gasteiger partial charge is 0.382 e. The summed E-state index contributed by atoms with van der Waals surface area (Å²) < 4.78 is 5.38. The maximum atomic E-state index is 2.75. The summed E-state index contributed by atoms with van der Waals surface area (Å²) in [5, 5.41) is 4.01. The third-order valence-corrected chi connectivity index (χ3v) is 14.4. The van der Waals surface area contributed by atoms with Crippen LogP contribution in [0.1, 0.15) is 16.7 Å². The van der Waals surface area contributed by atoms with E-state index in [0.29, 0.717) is 0 Å². The minimum absolute atomic E-state index is 0.00821. The monoisotopic (exact) mass is 748 g/mol. The van der Waals surface area contributed by atoms with Gasteiger partial charge >= 0.3 is 13.7 Å². The zero-order valence-electron chi connectivity index (χ0n) is 32.9. The fourth-order valence-corrected chi connectivity index (χ4v) is 12.6. The molecular weight excluding hydrogens is 714 g/mol. The lowest BCUT2D eigenvalue weighted by Gasteiger charge is -2.48. The molecular formula is C53H34B2N4. The number of nitrogens with zero attached hydrogens (tertiary/aromatic N) is 4. The number of hydrogen-bond donors (Lipinski definition) is 0. The Bertz CT molecular complexity index is 3590. The van der Waals surface area contributed by atoms with Crippen molar-refractivity contribution in [2.75, 3.05) is 9.80 Å². The van der Waals surface area contributed by atoms with Crippen LogP contribution in [0.4, 0.5) is 34.1 Å². The summed E-state index contributed by atoms with van der Waals surface area (Å²) in [7, 11) is 0. The van der Waals surface area contributed by atoms with Crippen molar-refractivity contribution in [2.45, 2.75) is 20.8 Å². The van der Waals surface area contributed by atoms with Crippen molar-refractivity contribution in [2.24, 2.45) is 0 Å². The first-order chi connectivity index (χ1) is 29.0. The highest BCUT2D eigenvalue weighted by Gasteiger charge is 2.52. The fraction of sp³-hybridized carbons (Fsp3) is 0.0566. The van der Waals surface area contributed by atoms with Crippen LogP contribution in [0, 0.1) is 20.8 Å². The molecule has 6 heteroatoms. The summed E-state index contributed by atoms with van der Waals surface area (Å²) in [4.78, 5) is 5.17. The van der Waals surface area contributed by atoms with Crippen LogP contribution >= 0.6 is 0 Å². The van der Waals surface area contributed by atoms with Gasteiger partial charge in [-0.25, -0.2) is 0 Å². The summed E-state index contributed by atoms with van der Waals surface area (Å²) in [6.45, 7) is 6.79. The standard InChI is InChI=1S/C53H34B2N4/c1-29-24-30(2)45(31(3)25-29)32-20-21-40-42(27-32)58(35-14-8-5-9-15-35)43-28-44-50-46-47-51-33(22-23-56(51)54(40)49(43)46)26-39-38-18-10-17-37-36-16-11-19-41(57(44)34-12-6-4-7-13-34)48(36)55(50)59(52(37)38)53(39)47/h4-28H,1-3H3. The Kier molecular flexibility index (Phi) is 5.38. The molecule has 15 rings (SSSR count). The zero-order valence-corrected chi connectivity index (χ0v) is 32.9. The van der Waals surface area contributed by atoms with E-state index in [-0.39, 0.29) is 13.7 Å². The molecule has 0 amide bonds. The molecule has 0 radical (unpaired) electrons. The molecule has 0 bridgehead atoms. The molecule has 0 fully saturated rings. The highest BCUT2D eigenvalue weighted by molar-refractivity contribution is 6.95. The van der Waals surface area contributed by atoms with E-state index in [1.54, 1.807) is 0 Å². The first-order valence-electron chi connectivity index (χ1n) is 20.9. The Balaban J connectivity index is 1.16. The van der Waals surface area contributed by atoms with Crippen molar-refractivity contribution >= 4 is 102 Å². The first-order valence-corrected chi connectivity index (χ1v) is 20.9. The van der Waals surface area contributed by atoms with Gasteiger partial charge in [0, 0.05) is 72.6 Å². The second-order valence-corrected chi connectivity index (χ2v) is 17.4. The van der Waals surface area contributed by atoms with Gasteiger partial charge in [-0.05, 0) is 142 Å². The summed E-state index contributed by atoms with van der Waals surface area (Å²) in [5.74, 6) is 0. The lowest BCUT2D eigenvalue weighted by Crippen LogP contribution is -2.64. The molecule has 0 aliphatic carbocycles. The smallest absolute Gasteiger partial charge is 0.333 e. The number of para-hydroxylation sites is 3. The summed E-state index contributed by atoms with van der Waals surface area (Å²) >= 11 is 0. The van der Waals surface area contributed by atoms with E-state index in [9.17, 15) is 0 Å². The van der Waals surface area contributed by atoms with Crippen LogP contribution in [0.25, 0.3) is 66.1 Å². The van der Waals surface area contributed by atoms with Crippen molar-refractivity contribution in [3.63, 3.8) is 0 Å². The third-order valence-electron chi connectivity index (χ3n) is 14.4. The van der Waals surface area contributed by atoms with Gasteiger partial charge in [-0.15, -0.1) is 0 Å². The molecule has 0 saturated heterocycles. The second-order valence-electron chi connectivity index (χ2n) is 17.4. The molecule has 0 atom stereocenters. The van der Waals surface area contributed by atoms with Crippen molar-refractivity contribution in [1.29, 1.82) is 0 Å². The van der Waals surface area contributed by atoms with Crippen molar-refractivity contribution < 1.29 is 0 Å². The number of benzene rings is 8. The molecule has 272 valence electrons. The van der Waals surface area contributed by atoms with Crippen molar-refractivity contribution in [1.82, 2.24) is 8.96 Å². The number of aryl methyl sites for hydroxylation is 3. The molecule has 5 aliphatic rings. The predicted molar refractivity (Wildman–Crippen MR) is 249 cm³/mol. The van der Waals surface area contributed by atoms with E-state index in [1.807, 2.05) is 0 Å². The van der Waals surface area contributed by atoms with E-state index < -0.39 is 0 Å². The fourth-order valence-electron chi connectivity index (χ4n) is 12.6. The summed E-state index contributed by atoms with van der Waals surface area (Å²) in [6.07, 6.45) is 2.38. The molecule has 59 heavy (non-hydrogen) atoms. The van der Waals surface area contributed by atoms with Crippen LogP contribution in [-0.4, -0.2) is 22.7 Å². The van der Waals surface area contributed by atoms with E-state index in [4.69, 9.17) is 0 Å². The van der Waals surface area contributed by atoms with Crippen LogP contribution in [0.15, 0.2) is 152 Å². The van der Waals surface area contributed by atoms with Crippen LogP contribution in [0.3, 0.4) is 0 Å². The number of hydrogen-bond acceptors (Lipinski definition) is 2. The van der Waals surface area contributed by atoms with Gasteiger partial charge in [-0.2, -0.15) is 0 Å². The number of fused-ring (bicyclic) bond motifs is 5. The number of rotatable bonds is 3. The maximum absolute atomic E-state index is 2.75. The van der Waals surface area contributed by atoms with Gasteiger partial charge in [0.2, 0.25) is 0 Å². The summed E-state index contributed by atoms with van der Waals surface area (Å²) in [6, 6.07) is 55.6. The van der Waals surface area contributed by atoms with E-state index in [2.05, 4.69) is 191 Å². The number of anilines is 6. The Morgan fingerprint density at radius 2 is 1.14 bits per heavy atom. The molecule has 4 nitrogen and oxygen atoms in total. The Morgan fingerprint density at radius 3 is 1.90 bits per heavy atom. The summed E-state index contributed by atoms with van der Waals surface area (Å²) in [5.41, 5.74) is 29.0. The highest BCUT2D eigenvalue weighted by atomic mass is 15.2. The molecule has 7 heterocycles. The van der Waals surface area contributed by atoms with Gasteiger partial charge < -0.3 is 18.8 Å². The molecule has 0 N–H and O–H groups in total. The number of aromatic nitrogens is 2. The van der Waals surface area contributed by atoms with Crippen molar-refractivity contribution in [3.8, 4) is 33.4 Å². The molecule has 0 spiro atoms. The second kappa shape index (κ2) is 10.3. The predicted octanol–water partition coefficient (Wildman–Crippen LogP) is 10.5. The lowest BCUT2D eigenvalue weighted by molar-refractivity contribution is 1.20. The maximum Gasteiger partial charge on any atom is 0.333 e. The quantitative estimate of drug-likeness (QED) is 0.167. The van der Waals surface area contributed by atoms with E-state index in [0.717, 1.165) is 0 Å². The Morgan fingerprint density at radius 1 is 0.441 bits per heavy atom.